The zero-order valence-corrected chi connectivity index (χ0v) is 9.84. The van der Waals surface area contributed by atoms with Gasteiger partial charge in [-0.1, -0.05) is 12.1 Å². The molecule has 2 rings (SSSR count). The minimum atomic E-state index is 0.0421. The zero-order valence-electron chi connectivity index (χ0n) is 9.84. The summed E-state index contributed by atoms with van der Waals surface area (Å²) in [5, 5.41) is 20.3. The highest BCUT2D eigenvalue weighted by molar-refractivity contribution is 5.28. The number of hydrogen-bond acceptors (Lipinski definition) is 5. The first kappa shape index (κ1) is 11.6. The van der Waals surface area contributed by atoms with Crippen molar-refractivity contribution in [2.75, 3.05) is 7.05 Å². The minimum Gasteiger partial charge on any atom is -0.508 e. The molecule has 17 heavy (non-hydrogen) atoms. The molecule has 0 saturated carbocycles. The van der Waals surface area contributed by atoms with E-state index in [9.17, 15) is 5.11 Å². The third kappa shape index (κ3) is 2.82. The topological polar surface area (TPSA) is 71.2 Å². The number of rotatable bonds is 4. The summed E-state index contributed by atoms with van der Waals surface area (Å²) in [7, 11) is 1.84. The van der Waals surface area contributed by atoms with E-state index in [-0.39, 0.29) is 11.8 Å². The van der Waals surface area contributed by atoms with Crippen molar-refractivity contribution in [3.63, 3.8) is 0 Å². The second-order valence-electron chi connectivity index (χ2n) is 3.89. The van der Waals surface area contributed by atoms with Crippen molar-refractivity contribution in [2.45, 2.75) is 19.4 Å². The highest BCUT2D eigenvalue weighted by atomic mass is 16.4. The van der Waals surface area contributed by atoms with Crippen LogP contribution in [0.1, 0.15) is 30.3 Å². The highest BCUT2D eigenvalue weighted by Crippen LogP contribution is 2.16. The normalized spacial score (nSPS) is 12.6. The van der Waals surface area contributed by atoms with E-state index < -0.39 is 0 Å². The molecule has 2 aromatic rings. The van der Waals surface area contributed by atoms with Crippen molar-refractivity contribution >= 4 is 0 Å². The van der Waals surface area contributed by atoms with E-state index in [2.05, 4.69) is 15.5 Å². The molecule has 0 bridgehead atoms. The molecule has 1 unspecified atom stereocenters. The van der Waals surface area contributed by atoms with Crippen LogP contribution in [-0.2, 0) is 6.42 Å². The molecule has 0 saturated heterocycles. The number of nitrogens with one attached hydrogen (secondary N) is 1. The van der Waals surface area contributed by atoms with Crippen LogP contribution >= 0.6 is 0 Å². The van der Waals surface area contributed by atoms with Crippen molar-refractivity contribution in [1.82, 2.24) is 15.5 Å². The van der Waals surface area contributed by atoms with Crippen LogP contribution in [0, 0.1) is 0 Å². The number of phenolic OH excluding ortho intramolecular Hbond substituents is 1. The number of nitrogens with zero attached hydrogens (tertiary/aromatic N) is 2. The molecule has 2 N–H and O–H groups in total. The molecule has 0 aliphatic heterocycles. The second-order valence-corrected chi connectivity index (χ2v) is 3.89. The van der Waals surface area contributed by atoms with Gasteiger partial charge >= 0.3 is 0 Å². The summed E-state index contributed by atoms with van der Waals surface area (Å²) in [6.45, 7) is 1.95. The van der Waals surface area contributed by atoms with Crippen LogP contribution in [0.2, 0.25) is 0 Å². The lowest BCUT2D eigenvalue weighted by Crippen LogP contribution is -2.12. The molecule has 1 atom stereocenters. The number of phenols is 1. The van der Waals surface area contributed by atoms with Gasteiger partial charge in [0.1, 0.15) is 5.75 Å². The Morgan fingerprint density at radius 3 is 2.94 bits per heavy atom. The third-order valence-corrected chi connectivity index (χ3v) is 2.55. The summed E-state index contributed by atoms with van der Waals surface area (Å²) >= 11 is 0. The lowest BCUT2D eigenvalue weighted by molar-refractivity contribution is 0.410. The van der Waals surface area contributed by atoms with Gasteiger partial charge in [-0.3, -0.25) is 0 Å². The maximum atomic E-state index is 9.35. The maximum absolute atomic E-state index is 9.35. The standard InChI is InChI=1S/C12H15N3O2/c1-8(13-2)12-15-14-11(17-12)7-9-4-3-5-10(16)6-9/h3-6,8,13,16H,7H2,1-2H3. The fourth-order valence-corrected chi connectivity index (χ4v) is 1.48. The molecule has 5 nitrogen and oxygen atoms in total. The molecular formula is C12H15N3O2. The number of aromatic hydroxyl groups is 1. The molecule has 0 amide bonds. The Balaban J connectivity index is 2.11. The lowest BCUT2D eigenvalue weighted by atomic mass is 10.1. The minimum absolute atomic E-state index is 0.0421. The predicted molar refractivity (Wildman–Crippen MR) is 62.7 cm³/mol. The van der Waals surface area contributed by atoms with Crippen molar-refractivity contribution in [1.29, 1.82) is 0 Å². The lowest BCUT2D eigenvalue weighted by Gasteiger charge is -2.02. The monoisotopic (exact) mass is 233 g/mol. The largest absolute Gasteiger partial charge is 0.508 e. The van der Waals surface area contributed by atoms with E-state index in [0.29, 0.717) is 18.2 Å². The van der Waals surface area contributed by atoms with Gasteiger partial charge in [0, 0.05) is 0 Å². The predicted octanol–water partition coefficient (Wildman–Crippen LogP) is 1.65. The van der Waals surface area contributed by atoms with Gasteiger partial charge in [0.25, 0.3) is 0 Å². The average molecular weight is 233 g/mol. The van der Waals surface area contributed by atoms with Gasteiger partial charge in [0.2, 0.25) is 11.8 Å². The van der Waals surface area contributed by atoms with Gasteiger partial charge in [-0.2, -0.15) is 0 Å². The van der Waals surface area contributed by atoms with Crippen LogP contribution in [-0.4, -0.2) is 22.4 Å². The Labute approximate surface area is 99.5 Å². The molecule has 1 aromatic heterocycles. The van der Waals surface area contributed by atoms with Gasteiger partial charge in [-0.15, -0.1) is 10.2 Å². The Kier molecular flexibility index (Phi) is 3.39. The van der Waals surface area contributed by atoms with Crippen molar-refractivity contribution < 1.29 is 9.52 Å². The first-order valence-electron chi connectivity index (χ1n) is 5.46. The van der Waals surface area contributed by atoms with E-state index in [1.807, 2.05) is 20.0 Å². The Bertz CT molecular complexity index is 496. The van der Waals surface area contributed by atoms with E-state index in [0.717, 1.165) is 5.56 Å². The average Bonchev–Trinajstić information content (AvgIpc) is 2.76. The van der Waals surface area contributed by atoms with Crippen molar-refractivity contribution in [2.24, 2.45) is 0 Å². The van der Waals surface area contributed by atoms with Gasteiger partial charge in [0.15, 0.2) is 0 Å². The number of benzene rings is 1. The molecule has 0 spiro atoms. The molecule has 90 valence electrons. The van der Waals surface area contributed by atoms with Crippen LogP contribution in [0.25, 0.3) is 0 Å². The fraction of sp³-hybridized carbons (Fsp3) is 0.333. The summed E-state index contributed by atoms with van der Waals surface area (Å²) < 4.78 is 5.51. The molecule has 0 aliphatic carbocycles. The number of hydrogen-bond donors (Lipinski definition) is 2. The SMILES string of the molecule is CNC(C)c1nnc(Cc2cccc(O)c2)o1. The van der Waals surface area contributed by atoms with Gasteiger partial charge in [-0.05, 0) is 31.7 Å². The van der Waals surface area contributed by atoms with Crippen LogP contribution in [0.5, 0.6) is 5.75 Å². The summed E-state index contributed by atoms with van der Waals surface area (Å²) in [6, 6.07) is 7.06. The van der Waals surface area contributed by atoms with Crippen molar-refractivity contribution in [3.8, 4) is 5.75 Å². The van der Waals surface area contributed by atoms with Gasteiger partial charge < -0.3 is 14.8 Å². The first-order valence-corrected chi connectivity index (χ1v) is 5.46. The summed E-state index contributed by atoms with van der Waals surface area (Å²) in [6.07, 6.45) is 0.526. The Hall–Kier alpha value is -1.88. The third-order valence-electron chi connectivity index (χ3n) is 2.55. The van der Waals surface area contributed by atoms with Gasteiger partial charge in [0.05, 0.1) is 12.5 Å². The van der Waals surface area contributed by atoms with Crippen LogP contribution < -0.4 is 5.32 Å². The van der Waals surface area contributed by atoms with E-state index >= 15 is 0 Å². The second kappa shape index (κ2) is 4.97. The molecule has 1 aromatic carbocycles. The fourth-order valence-electron chi connectivity index (χ4n) is 1.48. The van der Waals surface area contributed by atoms with Crippen LogP contribution in [0.4, 0.5) is 0 Å². The quantitative estimate of drug-likeness (QED) is 0.840. The Morgan fingerprint density at radius 1 is 1.41 bits per heavy atom. The maximum Gasteiger partial charge on any atom is 0.233 e. The van der Waals surface area contributed by atoms with Crippen LogP contribution in [0.3, 0.4) is 0 Å². The number of aromatic nitrogens is 2. The molecule has 1 heterocycles. The summed E-state index contributed by atoms with van der Waals surface area (Å²) in [4.78, 5) is 0. The first-order chi connectivity index (χ1) is 8.19. The van der Waals surface area contributed by atoms with E-state index in [4.69, 9.17) is 4.42 Å². The molecule has 0 radical (unpaired) electrons. The van der Waals surface area contributed by atoms with Crippen molar-refractivity contribution in [3.05, 3.63) is 41.6 Å². The summed E-state index contributed by atoms with van der Waals surface area (Å²) in [5.74, 6) is 1.36. The van der Waals surface area contributed by atoms with E-state index in [1.54, 1.807) is 18.2 Å². The van der Waals surface area contributed by atoms with Gasteiger partial charge in [-0.25, -0.2) is 0 Å². The van der Waals surface area contributed by atoms with E-state index in [1.165, 1.54) is 0 Å². The summed E-state index contributed by atoms with van der Waals surface area (Å²) in [5.41, 5.74) is 0.942. The molecule has 0 fully saturated rings. The molecular weight excluding hydrogens is 218 g/mol. The zero-order chi connectivity index (χ0) is 12.3. The highest BCUT2D eigenvalue weighted by Gasteiger charge is 2.12. The molecule has 0 aliphatic rings. The smallest absolute Gasteiger partial charge is 0.233 e. The molecule has 5 heteroatoms. The van der Waals surface area contributed by atoms with Crippen LogP contribution in [0.15, 0.2) is 28.7 Å². The Morgan fingerprint density at radius 2 is 2.24 bits per heavy atom.